The zero-order valence-electron chi connectivity index (χ0n) is 11.9. The van der Waals surface area contributed by atoms with E-state index in [4.69, 9.17) is 0 Å². The molecule has 2 aliphatic carbocycles. The molecule has 0 spiro atoms. The van der Waals surface area contributed by atoms with Crippen LogP contribution in [0.3, 0.4) is 0 Å². The molecule has 0 aliphatic heterocycles. The Bertz CT molecular complexity index is 484. The lowest BCUT2D eigenvalue weighted by molar-refractivity contribution is -0.0211. The largest absolute Gasteiger partial charge is 0.396 e. The molecule has 0 unspecified atom stereocenters. The molecule has 3 rings (SSSR count). The highest BCUT2D eigenvalue weighted by Crippen LogP contribution is 2.62. The van der Waals surface area contributed by atoms with E-state index in [1.54, 1.807) is 0 Å². The van der Waals surface area contributed by atoms with Gasteiger partial charge in [0.15, 0.2) is 0 Å². The maximum Gasteiger partial charge on any atom is 0.0503 e. The van der Waals surface area contributed by atoms with Gasteiger partial charge in [-0.15, -0.1) is 0 Å². The second kappa shape index (κ2) is 4.32. The first-order valence-electron chi connectivity index (χ1n) is 7.38. The molecule has 0 bridgehead atoms. The van der Waals surface area contributed by atoms with Gasteiger partial charge in [0, 0.05) is 12.5 Å². The first kappa shape index (κ1) is 13.1. The van der Waals surface area contributed by atoms with Crippen LogP contribution in [0.25, 0.3) is 0 Å². The summed E-state index contributed by atoms with van der Waals surface area (Å²) in [5.74, 6) is 0.528. The van der Waals surface area contributed by atoms with Crippen LogP contribution in [0.4, 0.5) is 0 Å². The highest BCUT2D eigenvalue weighted by molar-refractivity contribution is 5.45. The normalized spacial score (nSPS) is 40.8. The van der Waals surface area contributed by atoms with E-state index >= 15 is 0 Å². The maximum absolute atomic E-state index is 9.92. The van der Waals surface area contributed by atoms with E-state index in [2.05, 4.69) is 38.1 Å². The molecule has 0 radical (unpaired) electrons. The molecule has 4 atom stereocenters. The Balaban J connectivity index is 2.17. The fourth-order valence-corrected chi connectivity index (χ4v) is 5.07. The van der Waals surface area contributed by atoms with Crippen molar-refractivity contribution in [3.8, 4) is 0 Å². The summed E-state index contributed by atoms with van der Waals surface area (Å²) >= 11 is 0. The Hall–Kier alpha value is -0.860. The molecule has 0 saturated heterocycles. The number of aliphatic hydroxyl groups is 2. The molecule has 2 aliphatic rings. The van der Waals surface area contributed by atoms with Crippen molar-refractivity contribution >= 4 is 0 Å². The lowest BCUT2D eigenvalue weighted by atomic mass is 9.54. The van der Waals surface area contributed by atoms with Gasteiger partial charge in [0.2, 0.25) is 0 Å². The minimum Gasteiger partial charge on any atom is -0.396 e. The molecule has 2 heteroatoms. The van der Waals surface area contributed by atoms with Gasteiger partial charge in [-0.1, -0.05) is 44.5 Å². The first-order valence-corrected chi connectivity index (χ1v) is 7.38. The second-order valence-electron chi connectivity index (χ2n) is 6.94. The third-order valence-corrected chi connectivity index (χ3v) is 5.82. The summed E-state index contributed by atoms with van der Waals surface area (Å²) in [5.41, 5.74) is 2.75. The Morgan fingerprint density at radius 3 is 2.58 bits per heavy atom. The van der Waals surface area contributed by atoms with Gasteiger partial charge in [0.05, 0.1) is 6.61 Å². The van der Waals surface area contributed by atoms with Crippen molar-refractivity contribution in [3.05, 3.63) is 35.4 Å². The van der Waals surface area contributed by atoms with Crippen molar-refractivity contribution in [1.29, 1.82) is 0 Å². The molecular formula is C17H24O2. The smallest absolute Gasteiger partial charge is 0.0503 e. The minimum atomic E-state index is -0.0700. The maximum atomic E-state index is 9.92. The lowest BCUT2D eigenvalue weighted by Gasteiger charge is -2.50. The van der Waals surface area contributed by atoms with E-state index in [1.807, 2.05) is 0 Å². The van der Waals surface area contributed by atoms with Crippen LogP contribution >= 0.6 is 0 Å². The summed E-state index contributed by atoms with van der Waals surface area (Å²) in [6.07, 6.45) is 3.39. The molecule has 0 amide bonds. The number of fused-ring (bicyclic) bond motifs is 3. The SMILES string of the molecule is C[C@@]1(CO)CCC[C@@]2(C)c3ccccc3[C@H](CO)[C@@H]12. The zero-order chi connectivity index (χ0) is 13.7. The van der Waals surface area contributed by atoms with E-state index < -0.39 is 0 Å². The Morgan fingerprint density at radius 2 is 1.89 bits per heavy atom. The topological polar surface area (TPSA) is 40.5 Å². The van der Waals surface area contributed by atoms with Crippen LogP contribution in [-0.2, 0) is 5.41 Å². The number of hydrogen-bond acceptors (Lipinski definition) is 2. The monoisotopic (exact) mass is 260 g/mol. The van der Waals surface area contributed by atoms with E-state index in [9.17, 15) is 10.2 Å². The number of benzene rings is 1. The van der Waals surface area contributed by atoms with Gasteiger partial charge in [0.1, 0.15) is 0 Å². The van der Waals surface area contributed by atoms with E-state index in [0.717, 1.165) is 12.8 Å². The lowest BCUT2D eigenvalue weighted by Crippen LogP contribution is -2.47. The predicted octanol–water partition coefficient (Wildman–Crippen LogP) is 2.83. The number of aliphatic hydroxyl groups excluding tert-OH is 2. The van der Waals surface area contributed by atoms with Crippen LogP contribution < -0.4 is 0 Å². The third kappa shape index (κ3) is 1.63. The predicted molar refractivity (Wildman–Crippen MR) is 76.2 cm³/mol. The molecular weight excluding hydrogens is 236 g/mol. The highest BCUT2D eigenvalue weighted by atomic mass is 16.3. The summed E-state index contributed by atoms with van der Waals surface area (Å²) in [4.78, 5) is 0. The summed E-state index contributed by atoms with van der Waals surface area (Å²) in [6, 6.07) is 8.56. The molecule has 19 heavy (non-hydrogen) atoms. The molecule has 2 nitrogen and oxygen atoms in total. The van der Waals surface area contributed by atoms with E-state index in [-0.39, 0.29) is 30.0 Å². The van der Waals surface area contributed by atoms with Gasteiger partial charge < -0.3 is 10.2 Å². The summed E-state index contributed by atoms with van der Waals surface area (Å²) in [7, 11) is 0. The van der Waals surface area contributed by atoms with Crippen LogP contribution in [0.5, 0.6) is 0 Å². The van der Waals surface area contributed by atoms with Crippen molar-refractivity contribution in [1.82, 2.24) is 0 Å². The van der Waals surface area contributed by atoms with Crippen LogP contribution in [0.2, 0.25) is 0 Å². The molecule has 0 aromatic heterocycles. The van der Waals surface area contributed by atoms with Gasteiger partial charge in [-0.25, -0.2) is 0 Å². The van der Waals surface area contributed by atoms with Gasteiger partial charge in [0.25, 0.3) is 0 Å². The van der Waals surface area contributed by atoms with Crippen LogP contribution in [0.1, 0.15) is 50.2 Å². The van der Waals surface area contributed by atoms with Crippen molar-refractivity contribution in [3.63, 3.8) is 0 Å². The van der Waals surface area contributed by atoms with Crippen molar-refractivity contribution in [2.75, 3.05) is 13.2 Å². The third-order valence-electron chi connectivity index (χ3n) is 5.82. The standard InChI is InChI=1S/C17H24O2/c1-16(11-19)8-5-9-17(2)14-7-4-3-6-12(14)13(10-18)15(16)17/h3-4,6-7,13,15,18-19H,5,8-11H2,1-2H3/t13-,15-,16-,17-/m0/s1. The van der Waals surface area contributed by atoms with Crippen LogP contribution in [0, 0.1) is 11.3 Å². The molecule has 0 heterocycles. The van der Waals surface area contributed by atoms with Gasteiger partial charge >= 0.3 is 0 Å². The highest BCUT2D eigenvalue weighted by Gasteiger charge is 2.57. The number of hydrogen-bond donors (Lipinski definition) is 2. The summed E-state index contributed by atoms with van der Waals surface area (Å²) < 4.78 is 0. The minimum absolute atomic E-state index is 0.0700. The van der Waals surface area contributed by atoms with Gasteiger partial charge in [-0.2, -0.15) is 0 Å². The molecule has 2 N–H and O–H groups in total. The molecule has 1 aromatic carbocycles. The van der Waals surface area contributed by atoms with Gasteiger partial charge in [-0.3, -0.25) is 0 Å². The molecule has 1 fully saturated rings. The average molecular weight is 260 g/mol. The Morgan fingerprint density at radius 1 is 1.16 bits per heavy atom. The van der Waals surface area contributed by atoms with Crippen molar-refractivity contribution in [2.24, 2.45) is 11.3 Å². The quantitative estimate of drug-likeness (QED) is 0.858. The molecule has 1 saturated carbocycles. The second-order valence-corrected chi connectivity index (χ2v) is 6.94. The molecule has 1 aromatic rings. The van der Waals surface area contributed by atoms with E-state index in [0.29, 0.717) is 5.92 Å². The van der Waals surface area contributed by atoms with E-state index in [1.165, 1.54) is 17.5 Å². The molecule has 104 valence electrons. The van der Waals surface area contributed by atoms with Crippen LogP contribution in [0.15, 0.2) is 24.3 Å². The Labute approximate surface area is 115 Å². The fraction of sp³-hybridized carbons (Fsp3) is 0.647. The van der Waals surface area contributed by atoms with Crippen LogP contribution in [-0.4, -0.2) is 23.4 Å². The Kier molecular flexibility index (Phi) is 2.99. The summed E-state index contributed by atoms with van der Waals surface area (Å²) in [5, 5.41) is 19.8. The van der Waals surface area contributed by atoms with Crippen molar-refractivity contribution < 1.29 is 10.2 Å². The first-order chi connectivity index (χ1) is 9.07. The number of rotatable bonds is 2. The van der Waals surface area contributed by atoms with Crippen molar-refractivity contribution in [2.45, 2.75) is 44.4 Å². The average Bonchev–Trinajstić information content (AvgIpc) is 2.69. The van der Waals surface area contributed by atoms with Gasteiger partial charge in [-0.05, 0) is 40.7 Å². The fourth-order valence-electron chi connectivity index (χ4n) is 5.07. The summed E-state index contributed by atoms with van der Waals surface area (Å²) in [6.45, 7) is 4.94. The zero-order valence-corrected chi connectivity index (χ0v) is 11.9.